The fourth-order valence-electron chi connectivity index (χ4n) is 0.652. The molecule has 0 radical (unpaired) electrons. The molecule has 2 nitrogen and oxygen atoms in total. The Morgan fingerprint density at radius 1 is 0.850 bits per heavy atom. The Bertz CT molecular complexity index is 163. The number of aliphatic carboxylic acids is 1. The van der Waals surface area contributed by atoms with E-state index in [4.69, 9.17) is 5.11 Å². The molecule has 0 aromatic carbocycles. The first-order chi connectivity index (χ1) is 9.60. The summed E-state index contributed by atoms with van der Waals surface area (Å²) in [7, 11) is 7.19. The lowest BCUT2D eigenvalue weighted by molar-refractivity contribution is -0.137. The molecule has 0 rings (SSSR count). The minimum Gasteiger partial charge on any atom is -0.481 e. The molecule has 0 amide bonds. The van der Waals surface area contributed by atoms with E-state index in [1.807, 2.05) is 27.8 Å². The standard InChI is InChI=1S/C5H10O2S2.C5H12S2.C4H10/c1-8-9-4-2-3-5(6)7;1-3-4-5-7-6-2;1-3-4-2/h2-4H2,1H3,(H,6,7);3-5H2,1-2H3;3-4H2,1-2H3. The number of unbranched alkanes of at least 4 members (excludes halogenated alkanes) is 2. The maximum absolute atomic E-state index is 9.95. The summed E-state index contributed by atoms with van der Waals surface area (Å²) in [4.78, 5) is 9.95. The van der Waals surface area contributed by atoms with Gasteiger partial charge in [-0.05, 0) is 25.4 Å². The van der Waals surface area contributed by atoms with Crippen LogP contribution in [0.5, 0.6) is 0 Å². The van der Waals surface area contributed by atoms with E-state index in [0.29, 0.717) is 6.42 Å². The average molecular weight is 361 g/mol. The van der Waals surface area contributed by atoms with Gasteiger partial charge in [-0.25, -0.2) is 0 Å². The zero-order valence-corrected chi connectivity index (χ0v) is 16.9. The Hall–Kier alpha value is 0.870. The highest BCUT2D eigenvalue weighted by molar-refractivity contribution is 8.76. The summed E-state index contributed by atoms with van der Waals surface area (Å²) in [5.74, 6) is 1.56. The highest BCUT2D eigenvalue weighted by atomic mass is 33.1. The van der Waals surface area contributed by atoms with Gasteiger partial charge in [0, 0.05) is 17.9 Å². The Kier molecular flexibility index (Phi) is 36.2. The van der Waals surface area contributed by atoms with Gasteiger partial charge in [-0.3, -0.25) is 4.79 Å². The van der Waals surface area contributed by atoms with Crippen molar-refractivity contribution >= 4 is 49.1 Å². The summed E-state index contributed by atoms with van der Waals surface area (Å²) < 4.78 is 0. The van der Waals surface area contributed by atoms with Crippen molar-refractivity contribution in [3.05, 3.63) is 0 Å². The van der Waals surface area contributed by atoms with Crippen LogP contribution >= 0.6 is 43.2 Å². The maximum atomic E-state index is 9.95. The number of carboxylic acids is 1. The first-order valence-corrected chi connectivity index (χ1v) is 12.6. The van der Waals surface area contributed by atoms with Gasteiger partial charge >= 0.3 is 5.97 Å². The van der Waals surface area contributed by atoms with Crippen molar-refractivity contribution in [2.45, 2.75) is 59.3 Å². The maximum Gasteiger partial charge on any atom is 0.303 e. The van der Waals surface area contributed by atoms with E-state index < -0.39 is 5.97 Å². The van der Waals surface area contributed by atoms with Gasteiger partial charge in [-0.15, -0.1) is 0 Å². The summed E-state index contributed by atoms with van der Waals surface area (Å²) in [6.45, 7) is 6.58. The normalized spacial score (nSPS) is 9.05. The number of carboxylic acid groups (broad SMARTS) is 1. The predicted octanol–water partition coefficient (Wildman–Crippen LogP) is 6.47. The number of rotatable bonds is 10. The van der Waals surface area contributed by atoms with E-state index in [1.165, 1.54) is 31.4 Å². The van der Waals surface area contributed by atoms with Crippen molar-refractivity contribution in [1.29, 1.82) is 0 Å². The Morgan fingerprint density at radius 3 is 1.60 bits per heavy atom. The van der Waals surface area contributed by atoms with Crippen molar-refractivity contribution in [2.24, 2.45) is 0 Å². The fourth-order valence-corrected chi connectivity index (χ4v) is 3.36. The Labute approximate surface area is 142 Å². The summed E-state index contributed by atoms with van der Waals surface area (Å²) in [5.41, 5.74) is 0. The molecule has 0 unspecified atom stereocenters. The molecule has 0 fully saturated rings. The summed E-state index contributed by atoms with van der Waals surface area (Å²) in [5, 5.41) is 8.20. The molecular formula is C14H32O2S4. The second-order valence-corrected chi connectivity index (χ2v) is 9.20. The van der Waals surface area contributed by atoms with Crippen molar-refractivity contribution in [3.63, 3.8) is 0 Å². The molecule has 0 saturated carbocycles. The van der Waals surface area contributed by atoms with Gasteiger partial charge in [0.2, 0.25) is 0 Å². The number of hydrogen-bond acceptors (Lipinski definition) is 5. The van der Waals surface area contributed by atoms with Crippen molar-refractivity contribution < 1.29 is 9.90 Å². The van der Waals surface area contributed by atoms with Gasteiger partial charge in [0.25, 0.3) is 0 Å². The van der Waals surface area contributed by atoms with Gasteiger partial charge in [0.05, 0.1) is 0 Å². The summed E-state index contributed by atoms with van der Waals surface area (Å²) >= 11 is 0. The van der Waals surface area contributed by atoms with Crippen LogP contribution in [0.2, 0.25) is 0 Å². The lowest BCUT2D eigenvalue weighted by Crippen LogP contribution is -1.93. The third-order valence-corrected chi connectivity index (χ3v) is 5.73. The van der Waals surface area contributed by atoms with Gasteiger partial charge < -0.3 is 5.11 Å². The molecule has 0 saturated heterocycles. The van der Waals surface area contributed by atoms with Gasteiger partial charge in [0.15, 0.2) is 0 Å². The van der Waals surface area contributed by atoms with Crippen LogP contribution < -0.4 is 0 Å². The highest BCUT2D eigenvalue weighted by Gasteiger charge is 1.94. The highest BCUT2D eigenvalue weighted by Crippen LogP contribution is 2.18. The van der Waals surface area contributed by atoms with Crippen LogP contribution in [0, 0.1) is 0 Å². The number of hydrogen-bond donors (Lipinski definition) is 1. The van der Waals surface area contributed by atoms with E-state index in [9.17, 15) is 4.79 Å². The SMILES string of the molecule is CCCC.CCCCSSC.CSSCCCC(=O)O. The lowest BCUT2D eigenvalue weighted by atomic mass is 10.3. The minimum atomic E-state index is -0.697. The molecule has 20 heavy (non-hydrogen) atoms. The Balaban J connectivity index is -0.000000234. The third-order valence-electron chi connectivity index (χ3n) is 1.94. The average Bonchev–Trinajstić information content (AvgIpc) is 2.45. The van der Waals surface area contributed by atoms with Crippen LogP contribution in [-0.2, 0) is 4.79 Å². The molecule has 0 aliphatic heterocycles. The Morgan fingerprint density at radius 2 is 1.30 bits per heavy atom. The molecule has 0 spiro atoms. The van der Waals surface area contributed by atoms with E-state index in [2.05, 4.69) is 27.0 Å². The van der Waals surface area contributed by atoms with Crippen LogP contribution in [0.3, 0.4) is 0 Å². The largest absolute Gasteiger partial charge is 0.481 e. The van der Waals surface area contributed by atoms with Crippen molar-refractivity contribution in [3.8, 4) is 0 Å². The molecule has 0 bridgehead atoms. The molecule has 0 aliphatic rings. The molecule has 6 heteroatoms. The third kappa shape index (κ3) is 42.8. The first kappa shape index (κ1) is 25.8. The molecular weight excluding hydrogens is 328 g/mol. The van der Waals surface area contributed by atoms with Crippen molar-refractivity contribution in [2.75, 3.05) is 24.0 Å². The minimum absolute atomic E-state index is 0.299. The van der Waals surface area contributed by atoms with E-state index in [0.717, 1.165) is 12.2 Å². The molecule has 124 valence electrons. The van der Waals surface area contributed by atoms with E-state index >= 15 is 0 Å². The van der Waals surface area contributed by atoms with Gasteiger partial charge in [-0.1, -0.05) is 83.2 Å². The molecule has 0 aromatic heterocycles. The second-order valence-electron chi connectivity index (χ2n) is 3.83. The monoisotopic (exact) mass is 360 g/mol. The van der Waals surface area contributed by atoms with Crippen molar-refractivity contribution in [1.82, 2.24) is 0 Å². The fraction of sp³-hybridized carbons (Fsp3) is 0.929. The zero-order chi connectivity index (χ0) is 16.1. The van der Waals surface area contributed by atoms with Gasteiger partial charge in [0.1, 0.15) is 0 Å². The van der Waals surface area contributed by atoms with Crippen LogP contribution in [0.15, 0.2) is 0 Å². The van der Waals surface area contributed by atoms with Gasteiger partial charge in [-0.2, -0.15) is 0 Å². The topological polar surface area (TPSA) is 37.3 Å². The smallest absolute Gasteiger partial charge is 0.303 e. The second kappa shape index (κ2) is 28.1. The number of carbonyl (C=O) groups is 1. The van der Waals surface area contributed by atoms with Crippen LogP contribution in [0.4, 0.5) is 0 Å². The molecule has 1 N–H and O–H groups in total. The quantitative estimate of drug-likeness (QED) is 0.355. The molecule has 0 aromatic rings. The van der Waals surface area contributed by atoms with E-state index in [1.54, 1.807) is 21.6 Å². The summed E-state index contributed by atoms with van der Waals surface area (Å²) in [6, 6.07) is 0. The predicted molar refractivity (Wildman–Crippen MR) is 104 cm³/mol. The first-order valence-electron chi connectivity index (χ1n) is 7.13. The molecule has 0 aliphatic carbocycles. The zero-order valence-electron chi connectivity index (χ0n) is 13.6. The summed E-state index contributed by atoms with van der Waals surface area (Å²) in [6.07, 6.45) is 10.5. The molecule has 0 heterocycles. The van der Waals surface area contributed by atoms with Crippen LogP contribution in [0.1, 0.15) is 59.3 Å². The van der Waals surface area contributed by atoms with Crippen LogP contribution in [-0.4, -0.2) is 35.1 Å². The van der Waals surface area contributed by atoms with E-state index in [-0.39, 0.29) is 0 Å². The molecule has 0 atom stereocenters. The lowest BCUT2D eigenvalue weighted by Gasteiger charge is -1.92. The van der Waals surface area contributed by atoms with Crippen LogP contribution in [0.25, 0.3) is 0 Å².